The van der Waals surface area contributed by atoms with E-state index in [4.69, 9.17) is 4.74 Å². The van der Waals surface area contributed by atoms with Crippen molar-refractivity contribution in [2.75, 3.05) is 11.9 Å². The van der Waals surface area contributed by atoms with E-state index in [9.17, 15) is 14.0 Å². The van der Waals surface area contributed by atoms with Gasteiger partial charge in [0.15, 0.2) is 0 Å². The van der Waals surface area contributed by atoms with Crippen LogP contribution in [0, 0.1) is 5.82 Å². The molecule has 1 aromatic carbocycles. The highest BCUT2D eigenvalue weighted by Crippen LogP contribution is 2.31. The highest BCUT2D eigenvalue weighted by Gasteiger charge is 2.25. The lowest BCUT2D eigenvalue weighted by atomic mass is 10.1. The fourth-order valence-corrected chi connectivity index (χ4v) is 1.61. The number of carbonyl (C=O) groups excluding carboxylic acids is 2. The van der Waals surface area contributed by atoms with E-state index < -0.39 is 17.7 Å². The quantitative estimate of drug-likeness (QED) is 0.627. The van der Waals surface area contributed by atoms with Gasteiger partial charge in [0.1, 0.15) is 5.82 Å². The lowest BCUT2D eigenvalue weighted by Gasteiger charge is -1.99. The first-order valence-corrected chi connectivity index (χ1v) is 5.11. The summed E-state index contributed by atoms with van der Waals surface area (Å²) in [5.41, 5.74) is 0.993. The predicted octanol–water partition coefficient (Wildman–Crippen LogP) is 1.72. The Morgan fingerprint density at radius 3 is 3.00 bits per heavy atom. The van der Waals surface area contributed by atoms with Crippen LogP contribution in [-0.4, -0.2) is 18.5 Å². The van der Waals surface area contributed by atoms with Crippen LogP contribution in [0.4, 0.5) is 10.1 Å². The third-order valence-electron chi connectivity index (χ3n) is 2.31. The van der Waals surface area contributed by atoms with E-state index in [1.807, 2.05) is 0 Å². The fraction of sp³-hybridized carbons (Fsp3) is 0.167. The molecular weight excluding hydrogens is 225 g/mol. The molecule has 0 atom stereocenters. The number of hydrogen-bond acceptors (Lipinski definition) is 3. The largest absolute Gasteiger partial charge is 0.463 e. The Morgan fingerprint density at radius 1 is 1.53 bits per heavy atom. The first-order valence-electron chi connectivity index (χ1n) is 5.11. The highest BCUT2D eigenvalue weighted by atomic mass is 19.1. The van der Waals surface area contributed by atoms with Crippen LogP contribution in [0.3, 0.4) is 0 Å². The number of esters is 1. The smallest absolute Gasteiger partial charge is 0.331 e. The van der Waals surface area contributed by atoms with Crippen LogP contribution in [0.15, 0.2) is 24.3 Å². The van der Waals surface area contributed by atoms with Crippen molar-refractivity contribution in [1.82, 2.24) is 0 Å². The maximum Gasteiger partial charge on any atom is 0.331 e. The van der Waals surface area contributed by atoms with E-state index in [-0.39, 0.29) is 12.2 Å². The van der Waals surface area contributed by atoms with Crippen molar-refractivity contribution in [1.29, 1.82) is 0 Å². The van der Waals surface area contributed by atoms with E-state index in [0.29, 0.717) is 11.3 Å². The molecule has 4 nitrogen and oxygen atoms in total. The van der Waals surface area contributed by atoms with Gasteiger partial charge in [-0.1, -0.05) is 0 Å². The molecular formula is C12H10FNO3. The number of hydrogen-bond donors (Lipinski definition) is 1. The summed E-state index contributed by atoms with van der Waals surface area (Å²) in [6, 6.07) is 3.90. The summed E-state index contributed by atoms with van der Waals surface area (Å²) >= 11 is 0. The van der Waals surface area contributed by atoms with Crippen molar-refractivity contribution in [3.05, 3.63) is 35.7 Å². The fourth-order valence-electron chi connectivity index (χ4n) is 1.61. The first-order chi connectivity index (χ1) is 8.11. The number of fused-ring (bicyclic) bond motifs is 1. The normalized spacial score (nSPS) is 15.6. The van der Waals surface area contributed by atoms with E-state index in [0.717, 1.165) is 6.08 Å². The van der Waals surface area contributed by atoms with Crippen LogP contribution < -0.4 is 5.32 Å². The zero-order valence-electron chi connectivity index (χ0n) is 9.12. The zero-order chi connectivity index (χ0) is 12.4. The number of benzene rings is 1. The Hall–Kier alpha value is -2.17. The Balaban J connectivity index is 2.40. The minimum Gasteiger partial charge on any atom is -0.463 e. The summed E-state index contributed by atoms with van der Waals surface area (Å²) in [6.07, 6.45) is 1.07. The number of carbonyl (C=O) groups is 2. The molecule has 0 saturated heterocycles. The maximum absolute atomic E-state index is 13.1. The Labute approximate surface area is 97.1 Å². The third-order valence-corrected chi connectivity index (χ3v) is 2.31. The topological polar surface area (TPSA) is 55.4 Å². The third kappa shape index (κ3) is 2.18. The van der Waals surface area contributed by atoms with Gasteiger partial charge in [-0.15, -0.1) is 0 Å². The number of ether oxygens (including phenoxy) is 1. The average Bonchev–Trinajstić information content (AvgIpc) is 2.56. The molecule has 1 heterocycles. The molecule has 0 spiro atoms. The molecule has 2 rings (SSSR count). The second kappa shape index (κ2) is 4.37. The Morgan fingerprint density at radius 2 is 2.29 bits per heavy atom. The molecule has 0 aliphatic carbocycles. The SMILES string of the molecule is CCOC(=O)/C=C1/C(=O)Nc2ccc(F)cc21. The predicted molar refractivity (Wildman–Crippen MR) is 59.6 cm³/mol. The Bertz CT molecular complexity index is 522. The molecule has 1 aliphatic rings. The van der Waals surface area contributed by atoms with Gasteiger partial charge in [-0.2, -0.15) is 0 Å². The molecule has 1 N–H and O–H groups in total. The summed E-state index contributed by atoms with van der Waals surface area (Å²) in [6.45, 7) is 1.89. The van der Waals surface area contributed by atoms with Crippen LogP contribution in [0.1, 0.15) is 12.5 Å². The lowest BCUT2D eigenvalue weighted by molar-refractivity contribution is -0.137. The van der Waals surface area contributed by atoms with Gasteiger partial charge in [0.25, 0.3) is 5.91 Å². The van der Waals surface area contributed by atoms with Crippen LogP contribution in [0.5, 0.6) is 0 Å². The van der Waals surface area contributed by atoms with Gasteiger partial charge < -0.3 is 10.1 Å². The van der Waals surface area contributed by atoms with Crippen LogP contribution >= 0.6 is 0 Å². The molecule has 1 amide bonds. The van der Waals surface area contributed by atoms with E-state index in [1.54, 1.807) is 6.92 Å². The van der Waals surface area contributed by atoms with Gasteiger partial charge in [0.05, 0.1) is 12.2 Å². The lowest BCUT2D eigenvalue weighted by Crippen LogP contribution is -2.07. The number of nitrogens with one attached hydrogen (secondary N) is 1. The van der Waals surface area contributed by atoms with Crippen LogP contribution in [0.25, 0.3) is 5.57 Å². The second-order valence-electron chi connectivity index (χ2n) is 3.45. The van der Waals surface area contributed by atoms with Gasteiger partial charge in [-0.3, -0.25) is 4.79 Å². The van der Waals surface area contributed by atoms with Gasteiger partial charge >= 0.3 is 5.97 Å². The molecule has 1 aromatic rings. The van der Waals surface area contributed by atoms with Crippen molar-refractivity contribution in [3.63, 3.8) is 0 Å². The summed E-state index contributed by atoms with van der Waals surface area (Å²) in [7, 11) is 0. The minimum atomic E-state index is -0.616. The number of halogens is 1. The maximum atomic E-state index is 13.1. The molecule has 0 aromatic heterocycles. The molecule has 0 unspecified atom stereocenters. The van der Waals surface area contributed by atoms with Crippen molar-refractivity contribution in [3.8, 4) is 0 Å². The van der Waals surface area contributed by atoms with Crippen LogP contribution in [0.2, 0.25) is 0 Å². The standard InChI is InChI=1S/C12H10FNO3/c1-2-17-11(15)6-9-8-5-7(13)3-4-10(8)14-12(9)16/h3-6H,2H2,1H3,(H,14,16)/b9-6+. The summed E-state index contributed by atoms with van der Waals surface area (Å²) in [4.78, 5) is 22.8. The second-order valence-corrected chi connectivity index (χ2v) is 3.45. The summed E-state index contributed by atoms with van der Waals surface area (Å²) in [5, 5.41) is 2.54. The van der Waals surface area contributed by atoms with Crippen molar-refractivity contribution in [2.24, 2.45) is 0 Å². The van der Waals surface area contributed by atoms with Gasteiger partial charge in [-0.25, -0.2) is 9.18 Å². The van der Waals surface area contributed by atoms with E-state index in [1.165, 1.54) is 18.2 Å². The van der Waals surface area contributed by atoms with Gasteiger partial charge in [0.2, 0.25) is 0 Å². The molecule has 0 radical (unpaired) electrons. The molecule has 1 aliphatic heterocycles. The molecule has 88 valence electrons. The number of amides is 1. The molecule has 5 heteroatoms. The molecule has 0 fully saturated rings. The monoisotopic (exact) mass is 235 g/mol. The summed E-state index contributed by atoms with van der Waals surface area (Å²) < 4.78 is 17.8. The zero-order valence-corrected chi connectivity index (χ0v) is 9.12. The molecule has 0 saturated carbocycles. The van der Waals surface area contributed by atoms with E-state index in [2.05, 4.69) is 5.32 Å². The average molecular weight is 235 g/mol. The minimum absolute atomic E-state index is 0.123. The van der Waals surface area contributed by atoms with E-state index >= 15 is 0 Å². The highest BCUT2D eigenvalue weighted by molar-refractivity contribution is 6.33. The van der Waals surface area contributed by atoms with Gasteiger partial charge in [-0.05, 0) is 25.1 Å². The van der Waals surface area contributed by atoms with Crippen molar-refractivity contribution in [2.45, 2.75) is 6.92 Å². The summed E-state index contributed by atoms with van der Waals surface area (Å²) in [5.74, 6) is -1.51. The van der Waals surface area contributed by atoms with Crippen molar-refractivity contribution < 1.29 is 18.7 Å². The Kier molecular flexibility index (Phi) is 2.91. The number of rotatable bonds is 2. The van der Waals surface area contributed by atoms with Crippen LogP contribution in [-0.2, 0) is 14.3 Å². The molecule has 0 bridgehead atoms. The first kappa shape index (κ1) is 11.3. The molecule has 17 heavy (non-hydrogen) atoms. The number of anilines is 1. The van der Waals surface area contributed by atoms with Crippen molar-refractivity contribution >= 4 is 23.1 Å². The van der Waals surface area contributed by atoms with Gasteiger partial charge in [0, 0.05) is 17.3 Å².